The van der Waals surface area contributed by atoms with Gasteiger partial charge in [-0.25, -0.2) is 19.1 Å². The summed E-state index contributed by atoms with van der Waals surface area (Å²) in [6, 6.07) is 0. The molecule has 8 nitrogen and oxygen atoms in total. The van der Waals surface area contributed by atoms with Crippen LogP contribution in [0.5, 0.6) is 0 Å². The van der Waals surface area contributed by atoms with Crippen LogP contribution in [0.3, 0.4) is 0 Å². The quantitative estimate of drug-likeness (QED) is 0.200. The van der Waals surface area contributed by atoms with E-state index in [0.717, 1.165) is 25.1 Å². The summed E-state index contributed by atoms with van der Waals surface area (Å²) in [4.78, 5) is 25.3. The summed E-state index contributed by atoms with van der Waals surface area (Å²) >= 11 is 0. The standard InChI is InChI=1S/C20H36N2O3.C5H11NO2/c1-2-3-4-5-6-7-8-9-10-11-12-13-14-19-21-15-16-22(19,18-23)17-20(24)25;1-6(2,3)4-5(7)8/h15-16,23H,2-14,17-18H2,1H3;4H2,1-3H3/p+2. The predicted octanol–water partition coefficient (Wildman–Crippen LogP) is 4.59. The number of hydrogen-bond donors (Lipinski definition) is 3. The second kappa shape index (κ2) is 17.7. The SMILES string of the molecule is CCCCCCCCCCCCCCC1=NC=C[N+]1(CO)CC(=O)O.C[N+](C)(C)CC(=O)O. The number of hydrogen-bond acceptors (Lipinski definition) is 4. The van der Waals surface area contributed by atoms with E-state index in [1.54, 1.807) is 12.4 Å². The number of carboxylic acid groups (broad SMARTS) is 2. The van der Waals surface area contributed by atoms with Gasteiger partial charge in [0.2, 0.25) is 5.84 Å². The number of carboxylic acids is 2. The Hall–Kier alpha value is -1.77. The molecule has 33 heavy (non-hydrogen) atoms. The van der Waals surface area contributed by atoms with Crippen LogP contribution in [0, 0.1) is 0 Å². The molecule has 0 saturated carbocycles. The van der Waals surface area contributed by atoms with Crippen molar-refractivity contribution < 1.29 is 33.9 Å². The molecule has 1 heterocycles. The van der Waals surface area contributed by atoms with Crippen molar-refractivity contribution in [2.24, 2.45) is 4.99 Å². The van der Waals surface area contributed by atoms with Crippen molar-refractivity contribution in [2.45, 2.75) is 90.4 Å². The fourth-order valence-corrected chi connectivity index (χ4v) is 3.83. The molecule has 0 spiro atoms. The monoisotopic (exact) mass is 471 g/mol. The molecule has 1 aliphatic rings. The Bertz CT molecular complexity index is 614. The van der Waals surface area contributed by atoms with Crippen LogP contribution in [0.4, 0.5) is 0 Å². The summed E-state index contributed by atoms with van der Waals surface area (Å²) in [5.41, 5.74) is 0. The molecule has 0 aromatic heterocycles. The molecule has 0 aromatic rings. The first-order chi connectivity index (χ1) is 15.6. The average molecular weight is 472 g/mol. The van der Waals surface area contributed by atoms with Gasteiger partial charge in [0.25, 0.3) is 0 Å². The van der Waals surface area contributed by atoms with Crippen molar-refractivity contribution >= 4 is 17.8 Å². The highest BCUT2D eigenvalue weighted by Gasteiger charge is 2.36. The highest BCUT2D eigenvalue weighted by molar-refractivity contribution is 5.81. The third-order valence-corrected chi connectivity index (χ3v) is 5.62. The number of aliphatic carboxylic acids is 2. The van der Waals surface area contributed by atoms with Crippen molar-refractivity contribution in [3.8, 4) is 0 Å². The van der Waals surface area contributed by atoms with Crippen LogP contribution in [-0.2, 0) is 9.59 Å². The number of quaternary nitrogens is 2. The van der Waals surface area contributed by atoms with Gasteiger partial charge in [-0.15, -0.1) is 0 Å². The Morgan fingerprint density at radius 2 is 1.33 bits per heavy atom. The van der Waals surface area contributed by atoms with Crippen molar-refractivity contribution in [1.29, 1.82) is 0 Å². The maximum absolute atomic E-state index is 11.0. The fourth-order valence-electron chi connectivity index (χ4n) is 3.83. The smallest absolute Gasteiger partial charge is 0.360 e. The number of rotatable bonds is 18. The molecule has 192 valence electrons. The molecular weight excluding hydrogens is 422 g/mol. The van der Waals surface area contributed by atoms with Crippen molar-refractivity contribution in [3.63, 3.8) is 0 Å². The predicted molar refractivity (Wildman–Crippen MR) is 133 cm³/mol. The number of aliphatic imine (C=N–C) groups is 1. The number of nitrogens with zero attached hydrogens (tertiary/aromatic N) is 3. The van der Waals surface area contributed by atoms with E-state index in [1.807, 2.05) is 21.1 Å². The lowest BCUT2D eigenvalue weighted by Gasteiger charge is -2.28. The van der Waals surface area contributed by atoms with Crippen molar-refractivity contribution in [3.05, 3.63) is 12.4 Å². The Labute approximate surface area is 200 Å². The second-order valence-corrected chi connectivity index (χ2v) is 10.1. The maximum Gasteiger partial charge on any atom is 0.360 e. The lowest BCUT2D eigenvalue weighted by atomic mass is 10.0. The van der Waals surface area contributed by atoms with E-state index in [2.05, 4.69) is 11.9 Å². The molecule has 0 aromatic carbocycles. The van der Waals surface area contributed by atoms with Crippen molar-refractivity contribution in [2.75, 3.05) is 41.0 Å². The first-order valence-corrected chi connectivity index (χ1v) is 12.5. The molecule has 3 N–H and O–H groups in total. The van der Waals surface area contributed by atoms with Gasteiger partial charge in [0.15, 0.2) is 19.8 Å². The Balaban J connectivity index is 0.00000109. The van der Waals surface area contributed by atoms with Gasteiger partial charge >= 0.3 is 11.9 Å². The zero-order valence-electron chi connectivity index (χ0n) is 21.5. The number of aliphatic hydroxyl groups is 1. The van der Waals surface area contributed by atoms with E-state index in [1.165, 1.54) is 64.2 Å². The molecule has 0 amide bonds. The van der Waals surface area contributed by atoms with E-state index in [9.17, 15) is 14.7 Å². The van der Waals surface area contributed by atoms with Gasteiger partial charge in [-0.3, -0.25) is 0 Å². The molecule has 1 aliphatic heterocycles. The zero-order valence-corrected chi connectivity index (χ0v) is 21.5. The van der Waals surface area contributed by atoms with Gasteiger partial charge in [0, 0.05) is 6.42 Å². The first kappa shape index (κ1) is 31.2. The number of carbonyl (C=O) groups is 2. The van der Waals surface area contributed by atoms with Gasteiger partial charge < -0.3 is 19.8 Å². The molecule has 1 atom stereocenters. The van der Waals surface area contributed by atoms with E-state index in [-0.39, 0.29) is 24.3 Å². The average Bonchev–Trinajstić information content (AvgIpc) is 3.09. The molecule has 0 bridgehead atoms. The maximum atomic E-state index is 11.0. The molecule has 0 radical (unpaired) electrons. The lowest BCUT2D eigenvalue weighted by Crippen LogP contribution is -2.50. The minimum absolute atomic E-state index is 0.0344. The summed E-state index contributed by atoms with van der Waals surface area (Å²) < 4.78 is 0.447. The third kappa shape index (κ3) is 16.5. The highest BCUT2D eigenvalue weighted by Crippen LogP contribution is 2.20. The molecule has 0 fully saturated rings. The topological polar surface area (TPSA) is 107 Å². The normalized spacial score (nSPS) is 17.4. The molecule has 1 rings (SSSR count). The molecule has 0 saturated heterocycles. The number of unbranched alkanes of at least 4 members (excludes halogenated alkanes) is 11. The van der Waals surface area contributed by atoms with E-state index in [4.69, 9.17) is 10.2 Å². The van der Waals surface area contributed by atoms with Gasteiger partial charge in [-0.1, -0.05) is 77.6 Å². The van der Waals surface area contributed by atoms with Crippen LogP contribution >= 0.6 is 0 Å². The molecular formula is C25H49N3O5+2. The highest BCUT2D eigenvalue weighted by atomic mass is 16.4. The first-order valence-electron chi connectivity index (χ1n) is 12.5. The largest absolute Gasteiger partial charge is 0.477 e. The van der Waals surface area contributed by atoms with Crippen molar-refractivity contribution in [1.82, 2.24) is 0 Å². The van der Waals surface area contributed by atoms with Gasteiger partial charge in [-0.05, 0) is 6.42 Å². The minimum atomic E-state index is -0.914. The second-order valence-electron chi connectivity index (χ2n) is 10.1. The van der Waals surface area contributed by atoms with Crippen LogP contribution in [0.25, 0.3) is 0 Å². The van der Waals surface area contributed by atoms with E-state index >= 15 is 0 Å². The van der Waals surface area contributed by atoms with Crippen LogP contribution in [0.15, 0.2) is 17.4 Å². The molecule has 0 aliphatic carbocycles. The Morgan fingerprint density at radius 1 is 0.848 bits per heavy atom. The number of likely N-dealkylation sites (N-methyl/N-ethyl adjacent to an activating group) is 1. The summed E-state index contributed by atoms with van der Waals surface area (Å²) in [6.07, 6.45) is 19.7. The number of amidine groups is 1. The van der Waals surface area contributed by atoms with E-state index < -0.39 is 11.9 Å². The summed E-state index contributed by atoms with van der Waals surface area (Å²) in [7, 11) is 5.52. The van der Waals surface area contributed by atoms with Gasteiger partial charge in [0.1, 0.15) is 6.20 Å². The zero-order chi connectivity index (χ0) is 25.2. The number of aliphatic hydroxyl groups excluding tert-OH is 1. The minimum Gasteiger partial charge on any atom is -0.477 e. The van der Waals surface area contributed by atoms with Crippen LogP contribution in [0.2, 0.25) is 0 Å². The summed E-state index contributed by atoms with van der Waals surface area (Å²) in [5, 5.41) is 26.9. The molecule has 1 unspecified atom stereocenters. The van der Waals surface area contributed by atoms with Gasteiger partial charge in [-0.2, -0.15) is 0 Å². The summed E-state index contributed by atoms with van der Waals surface area (Å²) in [6.45, 7) is 2.06. The summed E-state index contributed by atoms with van der Waals surface area (Å²) in [5.74, 6) is -0.891. The van der Waals surface area contributed by atoms with Crippen LogP contribution < -0.4 is 0 Å². The Morgan fingerprint density at radius 3 is 1.70 bits per heavy atom. The van der Waals surface area contributed by atoms with Crippen LogP contribution in [0.1, 0.15) is 90.4 Å². The third-order valence-electron chi connectivity index (χ3n) is 5.62. The lowest BCUT2D eigenvalue weighted by molar-refractivity contribution is -0.862. The fraction of sp³-hybridized carbons (Fsp3) is 0.800. The van der Waals surface area contributed by atoms with E-state index in [0.29, 0.717) is 4.48 Å². The molecule has 8 heteroatoms. The Kier molecular flexibility index (Phi) is 16.7. The van der Waals surface area contributed by atoms with Gasteiger partial charge in [0.05, 0.1) is 27.3 Å². The van der Waals surface area contributed by atoms with Crippen LogP contribution in [-0.4, -0.2) is 83.0 Å².